The maximum absolute atomic E-state index is 12.2. The van der Waals surface area contributed by atoms with E-state index in [0.717, 1.165) is 19.4 Å². The van der Waals surface area contributed by atoms with Crippen molar-refractivity contribution in [2.24, 2.45) is 5.92 Å². The Morgan fingerprint density at radius 1 is 1.47 bits per heavy atom. The molecular formula is C12H23N3O2. The topological polar surface area (TPSA) is 61.4 Å². The lowest BCUT2D eigenvalue weighted by Crippen LogP contribution is -2.48. The summed E-state index contributed by atoms with van der Waals surface area (Å²) < 4.78 is 0. The Hall–Kier alpha value is -1.10. The van der Waals surface area contributed by atoms with Gasteiger partial charge in [0.15, 0.2) is 0 Å². The highest BCUT2D eigenvalue weighted by Crippen LogP contribution is 2.19. The summed E-state index contributed by atoms with van der Waals surface area (Å²) in [5.74, 6) is -0.0382. The highest BCUT2D eigenvalue weighted by atomic mass is 16.2. The highest BCUT2D eigenvalue weighted by Gasteiger charge is 2.35. The fourth-order valence-electron chi connectivity index (χ4n) is 2.20. The SMILES string of the molecule is CCNCC(C)C(=O)N1CCCC1C(=O)NC. The number of amides is 2. The molecule has 0 aliphatic carbocycles. The zero-order valence-corrected chi connectivity index (χ0v) is 11.0. The molecule has 1 saturated heterocycles. The summed E-state index contributed by atoms with van der Waals surface area (Å²) in [6.45, 7) is 6.15. The number of likely N-dealkylation sites (tertiary alicyclic amines) is 1. The first kappa shape index (κ1) is 14.0. The van der Waals surface area contributed by atoms with Crippen molar-refractivity contribution in [1.82, 2.24) is 15.5 Å². The van der Waals surface area contributed by atoms with Crippen LogP contribution in [0.1, 0.15) is 26.7 Å². The molecule has 1 aliphatic heterocycles. The first-order valence-electron chi connectivity index (χ1n) is 6.34. The third-order valence-corrected chi connectivity index (χ3v) is 3.21. The van der Waals surface area contributed by atoms with Crippen LogP contribution >= 0.6 is 0 Å². The van der Waals surface area contributed by atoms with Crippen LogP contribution in [0.25, 0.3) is 0 Å². The lowest BCUT2D eigenvalue weighted by atomic mass is 10.1. The average molecular weight is 241 g/mol. The number of nitrogens with one attached hydrogen (secondary N) is 2. The van der Waals surface area contributed by atoms with Crippen LogP contribution in [0.5, 0.6) is 0 Å². The molecule has 0 aromatic carbocycles. The minimum atomic E-state index is -0.267. The van der Waals surface area contributed by atoms with Gasteiger partial charge in [0.1, 0.15) is 6.04 Å². The Balaban J connectivity index is 2.58. The van der Waals surface area contributed by atoms with E-state index in [1.807, 2.05) is 13.8 Å². The Kier molecular flexibility index (Phi) is 5.41. The summed E-state index contributed by atoms with van der Waals surface area (Å²) in [6.07, 6.45) is 1.69. The summed E-state index contributed by atoms with van der Waals surface area (Å²) in [6, 6.07) is -0.267. The van der Waals surface area contributed by atoms with Crippen LogP contribution in [0.3, 0.4) is 0 Å². The molecule has 5 heteroatoms. The molecule has 2 atom stereocenters. The third-order valence-electron chi connectivity index (χ3n) is 3.21. The highest BCUT2D eigenvalue weighted by molar-refractivity contribution is 5.88. The molecular weight excluding hydrogens is 218 g/mol. The molecule has 2 unspecified atom stereocenters. The van der Waals surface area contributed by atoms with Gasteiger partial charge in [-0.1, -0.05) is 13.8 Å². The summed E-state index contributed by atoms with van der Waals surface area (Å²) in [5.41, 5.74) is 0. The van der Waals surface area contributed by atoms with E-state index in [9.17, 15) is 9.59 Å². The molecule has 0 spiro atoms. The number of hydrogen-bond acceptors (Lipinski definition) is 3. The number of likely N-dealkylation sites (N-methyl/N-ethyl adjacent to an activating group) is 1. The average Bonchev–Trinajstić information content (AvgIpc) is 2.82. The molecule has 1 heterocycles. The Morgan fingerprint density at radius 2 is 2.18 bits per heavy atom. The number of nitrogens with zero attached hydrogens (tertiary/aromatic N) is 1. The maximum atomic E-state index is 12.2. The van der Waals surface area contributed by atoms with Crippen molar-refractivity contribution < 1.29 is 9.59 Å². The summed E-state index contributed by atoms with van der Waals surface area (Å²) in [5, 5.41) is 5.79. The minimum absolute atomic E-state index is 0.0495. The fourth-order valence-corrected chi connectivity index (χ4v) is 2.20. The van der Waals surface area contributed by atoms with E-state index in [0.29, 0.717) is 13.1 Å². The van der Waals surface area contributed by atoms with E-state index < -0.39 is 0 Å². The second-order valence-electron chi connectivity index (χ2n) is 4.51. The largest absolute Gasteiger partial charge is 0.357 e. The summed E-state index contributed by atoms with van der Waals surface area (Å²) in [4.78, 5) is 25.6. The maximum Gasteiger partial charge on any atom is 0.242 e. The predicted octanol–water partition coefficient (Wildman–Crippen LogP) is -0.0310. The van der Waals surface area contributed by atoms with Crippen molar-refractivity contribution in [1.29, 1.82) is 0 Å². The number of carbonyl (C=O) groups excluding carboxylic acids is 2. The Morgan fingerprint density at radius 3 is 2.76 bits per heavy atom. The van der Waals surface area contributed by atoms with Gasteiger partial charge in [-0.25, -0.2) is 0 Å². The van der Waals surface area contributed by atoms with Gasteiger partial charge in [0.25, 0.3) is 0 Å². The molecule has 2 N–H and O–H groups in total. The van der Waals surface area contributed by atoms with Crippen molar-refractivity contribution in [3.8, 4) is 0 Å². The first-order chi connectivity index (χ1) is 8.11. The van der Waals surface area contributed by atoms with E-state index in [-0.39, 0.29) is 23.8 Å². The van der Waals surface area contributed by atoms with Gasteiger partial charge in [-0.15, -0.1) is 0 Å². The lowest BCUT2D eigenvalue weighted by molar-refractivity contribution is -0.140. The van der Waals surface area contributed by atoms with Crippen molar-refractivity contribution in [2.45, 2.75) is 32.7 Å². The molecule has 17 heavy (non-hydrogen) atoms. The van der Waals surface area contributed by atoms with Gasteiger partial charge in [0.05, 0.1) is 0 Å². The molecule has 0 aromatic heterocycles. The van der Waals surface area contributed by atoms with Crippen LogP contribution in [-0.2, 0) is 9.59 Å². The molecule has 0 aromatic rings. The Labute approximate surface area is 103 Å². The normalized spacial score (nSPS) is 21.4. The van der Waals surface area contributed by atoms with Crippen molar-refractivity contribution >= 4 is 11.8 Å². The standard InChI is InChI=1S/C12H23N3O2/c1-4-14-8-9(2)12(17)15-7-5-6-10(15)11(16)13-3/h9-10,14H,4-8H2,1-3H3,(H,13,16). The predicted molar refractivity (Wildman–Crippen MR) is 66.5 cm³/mol. The van der Waals surface area contributed by atoms with Gasteiger partial charge in [-0.05, 0) is 19.4 Å². The van der Waals surface area contributed by atoms with Gasteiger partial charge in [-0.3, -0.25) is 9.59 Å². The smallest absolute Gasteiger partial charge is 0.242 e. The quantitative estimate of drug-likeness (QED) is 0.710. The van der Waals surface area contributed by atoms with Gasteiger partial charge >= 0.3 is 0 Å². The van der Waals surface area contributed by atoms with E-state index >= 15 is 0 Å². The molecule has 5 nitrogen and oxygen atoms in total. The first-order valence-corrected chi connectivity index (χ1v) is 6.34. The van der Waals surface area contributed by atoms with Crippen LogP contribution in [0.15, 0.2) is 0 Å². The van der Waals surface area contributed by atoms with Crippen molar-refractivity contribution in [3.63, 3.8) is 0 Å². The van der Waals surface area contributed by atoms with E-state index in [1.54, 1.807) is 11.9 Å². The second-order valence-corrected chi connectivity index (χ2v) is 4.51. The number of carbonyl (C=O) groups is 2. The molecule has 98 valence electrons. The van der Waals surface area contributed by atoms with Crippen LogP contribution in [0.2, 0.25) is 0 Å². The zero-order chi connectivity index (χ0) is 12.8. The molecule has 1 rings (SSSR count). The molecule has 0 bridgehead atoms. The molecule has 0 saturated carbocycles. The van der Waals surface area contributed by atoms with Crippen molar-refractivity contribution in [2.75, 3.05) is 26.7 Å². The van der Waals surface area contributed by atoms with Gasteiger partial charge < -0.3 is 15.5 Å². The molecule has 2 amide bonds. The van der Waals surface area contributed by atoms with Gasteiger partial charge in [-0.2, -0.15) is 0 Å². The van der Waals surface area contributed by atoms with Crippen LogP contribution in [0, 0.1) is 5.92 Å². The van der Waals surface area contributed by atoms with E-state index in [2.05, 4.69) is 10.6 Å². The molecule has 0 radical (unpaired) electrons. The Bertz CT molecular complexity index is 281. The van der Waals surface area contributed by atoms with E-state index in [4.69, 9.17) is 0 Å². The third kappa shape index (κ3) is 3.43. The number of rotatable bonds is 5. The number of hydrogen-bond donors (Lipinski definition) is 2. The second kappa shape index (κ2) is 6.59. The minimum Gasteiger partial charge on any atom is -0.357 e. The molecule has 1 aliphatic rings. The van der Waals surface area contributed by atoms with Crippen LogP contribution in [-0.4, -0.2) is 49.4 Å². The lowest BCUT2D eigenvalue weighted by Gasteiger charge is -2.26. The van der Waals surface area contributed by atoms with E-state index in [1.165, 1.54) is 0 Å². The molecule has 1 fully saturated rings. The van der Waals surface area contributed by atoms with Crippen LogP contribution < -0.4 is 10.6 Å². The van der Waals surface area contributed by atoms with Crippen LogP contribution in [0.4, 0.5) is 0 Å². The summed E-state index contributed by atoms with van der Waals surface area (Å²) >= 11 is 0. The van der Waals surface area contributed by atoms with Gasteiger partial charge in [0, 0.05) is 26.1 Å². The zero-order valence-electron chi connectivity index (χ0n) is 11.0. The monoisotopic (exact) mass is 241 g/mol. The van der Waals surface area contributed by atoms with Crippen molar-refractivity contribution in [3.05, 3.63) is 0 Å². The summed E-state index contributed by atoms with van der Waals surface area (Å²) in [7, 11) is 1.62. The fraction of sp³-hybridized carbons (Fsp3) is 0.833. The van der Waals surface area contributed by atoms with Gasteiger partial charge in [0.2, 0.25) is 11.8 Å².